The molecule has 0 spiro atoms. The summed E-state index contributed by atoms with van der Waals surface area (Å²) in [5, 5.41) is 3.06. The van der Waals surface area contributed by atoms with Gasteiger partial charge >= 0.3 is 0 Å². The molecule has 1 N–H and O–H groups in total. The maximum Gasteiger partial charge on any atom is 0.168 e. The van der Waals surface area contributed by atoms with Gasteiger partial charge in [-0.2, -0.15) is 0 Å². The number of hydrogen-bond donors (Lipinski definition) is 1. The molecule has 0 fully saturated rings. The Morgan fingerprint density at radius 2 is 1.95 bits per heavy atom. The summed E-state index contributed by atoms with van der Waals surface area (Å²) in [6.45, 7) is 4.66. The molecule has 1 aromatic carbocycles. The van der Waals surface area contributed by atoms with E-state index in [4.69, 9.17) is 4.74 Å². The second kappa shape index (κ2) is 6.43. The van der Waals surface area contributed by atoms with E-state index < -0.39 is 0 Å². The zero-order chi connectivity index (χ0) is 14.5. The smallest absolute Gasteiger partial charge is 0.168 e. The first-order chi connectivity index (χ1) is 9.60. The van der Waals surface area contributed by atoms with Crippen molar-refractivity contribution in [2.75, 3.05) is 7.05 Å². The number of benzene rings is 1. The summed E-state index contributed by atoms with van der Waals surface area (Å²) in [4.78, 5) is 8.80. The molecule has 0 radical (unpaired) electrons. The number of hydrogen-bond acceptors (Lipinski definition) is 4. The Morgan fingerprint density at radius 3 is 2.55 bits per heavy atom. The van der Waals surface area contributed by atoms with Crippen LogP contribution in [0.2, 0.25) is 0 Å². The summed E-state index contributed by atoms with van der Waals surface area (Å²) in [7, 11) is 1.85. The Morgan fingerprint density at radius 1 is 1.25 bits per heavy atom. The molecular formula is C15H18FN3O. The van der Waals surface area contributed by atoms with Gasteiger partial charge in [0, 0.05) is 12.5 Å². The number of halogens is 1. The summed E-state index contributed by atoms with van der Waals surface area (Å²) < 4.78 is 18.6. The average molecular weight is 275 g/mol. The molecule has 0 saturated heterocycles. The van der Waals surface area contributed by atoms with Crippen LogP contribution in [-0.2, 0) is 6.54 Å². The van der Waals surface area contributed by atoms with Crippen molar-refractivity contribution < 1.29 is 9.13 Å². The van der Waals surface area contributed by atoms with E-state index in [9.17, 15) is 4.39 Å². The van der Waals surface area contributed by atoms with E-state index in [1.54, 1.807) is 18.3 Å². The lowest BCUT2D eigenvalue weighted by Gasteiger charge is -2.12. The molecule has 5 heteroatoms. The number of nitrogens with zero attached hydrogens (tertiary/aromatic N) is 2. The second-order valence-electron chi connectivity index (χ2n) is 4.78. The molecule has 20 heavy (non-hydrogen) atoms. The quantitative estimate of drug-likeness (QED) is 0.910. The molecule has 0 amide bonds. The van der Waals surface area contributed by atoms with Gasteiger partial charge in [-0.3, -0.25) is 0 Å². The molecule has 1 aromatic heterocycles. The molecule has 106 valence electrons. The first kappa shape index (κ1) is 14.4. The van der Waals surface area contributed by atoms with Crippen LogP contribution in [0.3, 0.4) is 0 Å². The molecule has 1 heterocycles. The van der Waals surface area contributed by atoms with Crippen LogP contribution in [0, 0.1) is 5.82 Å². The van der Waals surface area contributed by atoms with Crippen LogP contribution in [0.15, 0.2) is 30.5 Å². The van der Waals surface area contributed by atoms with Gasteiger partial charge in [0.25, 0.3) is 0 Å². The monoisotopic (exact) mass is 275 g/mol. The summed E-state index contributed by atoms with van der Waals surface area (Å²) in [6.07, 6.45) is 1.67. The molecular weight excluding hydrogens is 257 g/mol. The molecule has 0 bridgehead atoms. The highest BCUT2D eigenvalue weighted by Gasteiger charge is 2.11. The summed E-state index contributed by atoms with van der Waals surface area (Å²) in [5.74, 6) is 1.88. The predicted octanol–water partition coefficient (Wildman–Crippen LogP) is 3.25. The fourth-order valence-electron chi connectivity index (χ4n) is 1.71. The van der Waals surface area contributed by atoms with Crippen molar-refractivity contribution in [1.82, 2.24) is 15.3 Å². The van der Waals surface area contributed by atoms with Crippen LogP contribution in [0.25, 0.3) is 0 Å². The lowest BCUT2D eigenvalue weighted by Crippen LogP contribution is -2.11. The second-order valence-corrected chi connectivity index (χ2v) is 4.78. The standard InChI is InChI=1S/C15H18FN3O/c1-10(2)15-18-9-14(13(19-15)8-17-3)20-12-6-4-11(16)5-7-12/h4-7,9-10,17H,8H2,1-3H3. The minimum absolute atomic E-state index is 0.255. The van der Waals surface area contributed by atoms with Gasteiger partial charge < -0.3 is 10.1 Å². The Bertz CT molecular complexity index is 570. The lowest BCUT2D eigenvalue weighted by atomic mass is 10.2. The largest absolute Gasteiger partial charge is 0.454 e. The van der Waals surface area contributed by atoms with Gasteiger partial charge in [-0.25, -0.2) is 14.4 Å². The average Bonchev–Trinajstić information content (AvgIpc) is 2.43. The topological polar surface area (TPSA) is 47.0 Å². The third-order valence-corrected chi connectivity index (χ3v) is 2.75. The van der Waals surface area contributed by atoms with Crippen LogP contribution in [0.5, 0.6) is 11.5 Å². The first-order valence-electron chi connectivity index (χ1n) is 6.54. The molecule has 2 rings (SSSR count). The summed E-state index contributed by atoms with van der Waals surface area (Å²) in [6, 6.07) is 5.87. The molecule has 0 aliphatic rings. The minimum atomic E-state index is -0.292. The van der Waals surface area contributed by atoms with Gasteiger partial charge in [-0.1, -0.05) is 13.8 Å². The van der Waals surface area contributed by atoms with Crippen LogP contribution in [0.4, 0.5) is 4.39 Å². The highest BCUT2D eigenvalue weighted by atomic mass is 19.1. The highest BCUT2D eigenvalue weighted by molar-refractivity contribution is 5.33. The highest BCUT2D eigenvalue weighted by Crippen LogP contribution is 2.25. The summed E-state index contributed by atoms with van der Waals surface area (Å²) in [5.41, 5.74) is 0.788. The van der Waals surface area contributed by atoms with Crippen LogP contribution in [0.1, 0.15) is 31.3 Å². The molecule has 2 aromatic rings. The third-order valence-electron chi connectivity index (χ3n) is 2.75. The molecule has 0 unspecified atom stereocenters. The minimum Gasteiger partial charge on any atom is -0.454 e. The number of aromatic nitrogens is 2. The van der Waals surface area contributed by atoms with E-state index in [2.05, 4.69) is 15.3 Å². The van der Waals surface area contributed by atoms with Gasteiger partial charge in [0.15, 0.2) is 5.75 Å². The zero-order valence-corrected chi connectivity index (χ0v) is 11.9. The Labute approximate surface area is 118 Å². The van der Waals surface area contributed by atoms with E-state index >= 15 is 0 Å². The fourth-order valence-corrected chi connectivity index (χ4v) is 1.71. The fraction of sp³-hybridized carbons (Fsp3) is 0.333. The third kappa shape index (κ3) is 3.51. The Kier molecular flexibility index (Phi) is 4.63. The number of nitrogens with one attached hydrogen (secondary N) is 1. The van der Waals surface area contributed by atoms with Crippen molar-refractivity contribution in [3.05, 3.63) is 47.8 Å². The zero-order valence-electron chi connectivity index (χ0n) is 11.9. The first-order valence-corrected chi connectivity index (χ1v) is 6.54. The van der Waals surface area contributed by atoms with Crippen molar-refractivity contribution in [2.24, 2.45) is 0 Å². The Hall–Kier alpha value is -2.01. The molecule has 0 aliphatic carbocycles. The van der Waals surface area contributed by atoms with E-state index in [1.807, 2.05) is 20.9 Å². The van der Waals surface area contributed by atoms with Gasteiger partial charge in [0.05, 0.1) is 6.20 Å². The summed E-state index contributed by atoms with van der Waals surface area (Å²) >= 11 is 0. The van der Waals surface area contributed by atoms with E-state index in [-0.39, 0.29) is 11.7 Å². The maximum absolute atomic E-state index is 12.9. The van der Waals surface area contributed by atoms with Crippen molar-refractivity contribution in [3.63, 3.8) is 0 Å². The normalized spacial score (nSPS) is 10.8. The van der Waals surface area contributed by atoms with E-state index in [0.29, 0.717) is 18.0 Å². The van der Waals surface area contributed by atoms with Crippen molar-refractivity contribution in [2.45, 2.75) is 26.3 Å². The van der Waals surface area contributed by atoms with Gasteiger partial charge in [-0.05, 0) is 31.3 Å². The van der Waals surface area contributed by atoms with Crippen molar-refractivity contribution in [1.29, 1.82) is 0 Å². The van der Waals surface area contributed by atoms with Crippen LogP contribution in [-0.4, -0.2) is 17.0 Å². The predicted molar refractivity (Wildman–Crippen MR) is 75.4 cm³/mol. The maximum atomic E-state index is 12.9. The number of rotatable bonds is 5. The molecule has 0 saturated carbocycles. The van der Waals surface area contributed by atoms with Crippen molar-refractivity contribution in [3.8, 4) is 11.5 Å². The molecule has 0 aliphatic heterocycles. The molecule has 0 atom stereocenters. The van der Waals surface area contributed by atoms with E-state index in [0.717, 1.165) is 11.5 Å². The van der Waals surface area contributed by atoms with E-state index in [1.165, 1.54) is 12.1 Å². The number of ether oxygens (including phenoxy) is 1. The van der Waals surface area contributed by atoms with Crippen LogP contribution < -0.4 is 10.1 Å². The van der Waals surface area contributed by atoms with Gasteiger partial charge in [0.1, 0.15) is 23.1 Å². The Balaban J connectivity index is 2.27. The molecule has 4 nitrogen and oxygen atoms in total. The van der Waals surface area contributed by atoms with Crippen LogP contribution >= 0.6 is 0 Å². The van der Waals surface area contributed by atoms with Gasteiger partial charge in [-0.15, -0.1) is 0 Å². The lowest BCUT2D eigenvalue weighted by molar-refractivity contribution is 0.463. The van der Waals surface area contributed by atoms with Crippen molar-refractivity contribution >= 4 is 0 Å². The van der Waals surface area contributed by atoms with Gasteiger partial charge in [0.2, 0.25) is 0 Å². The SMILES string of the molecule is CNCc1nc(C(C)C)ncc1Oc1ccc(F)cc1.